The molecule has 11 heteroatoms. The fourth-order valence-corrected chi connectivity index (χ4v) is 2.12. The van der Waals surface area contributed by atoms with Crippen LogP contribution in [-0.4, -0.2) is 73.1 Å². The Morgan fingerprint density at radius 3 is 1.93 bits per heavy atom. The third-order valence-electron chi connectivity index (χ3n) is 3.27. The number of amides is 1. The molecule has 0 heterocycles. The maximum atomic E-state index is 11.8. The van der Waals surface area contributed by atoms with Crippen molar-refractivity contribution in [1.82, 2.24) is 5.32 Å². The van der Waals surface area contributed by atoms with Crippen LogP contribution in [0, 0.1) is 0 Å². The number of carboxylic acids is 2. The minimum atomic E-state index is -5.19. The number of likely N-dealkylation sites (N-methyl/N-ethyl adjacent to an activating group) is 1. The van der Waals surface area contributed by atoms with Crippen molar-refractivity contribution in [3.63, 3.8) is 0 Å². The van der Waals surface area contributed by atoms with Crippen molar-refractivity contribution in [1.29, 1.82) is 0 Å². The van der Waals surface area contributed by atoms with Gasteiger partial charge in [0.15, 0.2) is 0 Å². The van der Waals surface area contributed by atoms with E-state index in [9.17, 15) is 27.6 Å². The Bertz CT molecular complexity index is 530. The summed E-state index contributed by atoms with van der Waals surface area (Å²) in [6.45, 7) is 2.54. The van der Waals surface area contributed by atoms with Gasteiger partial charge < -0.3 is 24.8 Å². The van der Waals surface area contributed by atoms with Crippen molar-refractivity contribution in [2.24, 2.45) is 0 Å². The summed E-state index contributed by atoms with van der Waals surface area (Å²) in [7, 11) is 5.73. The number of hydrogen-bond donors (Lipinski definition) is 2. The van der Waals surface area contributed by atoms with E-state index in [4.69, 9.17) is 15.0 Å². The number of rotatable bonds is 11. The molecule has 0 spiro atoms. The van der Waals surface area contributed by atoms with Crippen LogP contribution < -0.4 is 10.4 Å². The van der Waals surface area contributed by atoms with Crippen LogP contribution in [0.25, 0.3) is 0 Å². The van der Waals surface area contributed by atoms with Gasteiger partial charge in [-0.1, -0.05) is 26.2 Å². The van der Waals surface area contributed by atoms with E-state index in [1.54, 1.807) is 0 Å². The van der Waals surface area contributed by atoms with Gasteiger partial charge in [0.1, 0.15) is 5.97 Å². The lowest BCUT2D eigenvalue weighted by Crippen LogP contribution is -2.51. The van der Waals surface area contributed by atoms with Crippen LogP contribution in [0.4, 0.5) is 13.2 Å². The van der Waals surface area contributed by atoms with E-state index in [2.05, 4.69) is 12.2 Å². The SMILES string of the molecule is CCCCCCC(=O)C(=O)NC(CC(=O)O)C[N+](C)(C)C.O=C([O-])C(F)(F)F. The summed E-state index contributed by atoms with van der Waals surface area (Å²) in [5.41, 5.74) is 0. The number of halogens is 3. The highest BCUT2D eigenvalue weighted by molar-refractivity contribution is 6.36. The number of quaternary nitrogens is 1. The number of nitrogens with zero attached hydrogens (tertiary/aromatic N) is 1. The highest BCUT2D eigenvalue weighted by Crippen LogP contribution is 2.11. The van der Waals surface area contributed by atoms with Gasteiger partial charge in [0, 0.05) is 6.42 Å². The molecule has 1 amide bonds. The number of ketones is 1. The molecule has 2 N–H and O–H groups in total. The Balaban J connectivity index is 0. The van der Waals surface area contributed by atoms with E-state index in [-0.39, 0.29) is 12.8 Å². The van der Waals surface area contributed by atoms with Crippen LogP contribution in [-0.2, 0) is 19.2 Å². The van der Waals surface area contributed by atoms with E-state index >= 15 is 0 Å². The molecule has 0 bridgehead atoms. The topological polar surface area (TPSA) is 124 Å². The summed E-state index contributed by atoms with van der Waals surface area (Å²) in [6.07, 6.45) is -1.37. The maximum absolute atomic E-state index is 11.8. The predicted molar refractivity (Wildman–Crippen MR) is 91.9 cm³/mol. The van der Waals surface area contributed by atoms with Gasteiger partial charge >= 0.3 is 12.1 Å². The predicted octanol–water partition coefficient (Wildman–Crippen LogP) is 0.490. The second-order valence-electron chi connectivity index (χ2n) is 7.26. The first kappa shape index (κ1) is 28.0. The standard InChI is InChI=1S/C15H28N2O4.C2HF3O2/c1-5-6-7-8-9-13(18)15(21)16-12(10-14(19)20)11-17(2,3)4;3-2(4,5)1(6)7/h12H,5-11H2,1-4H3,(H-,16,19,20,21);(H,6,7). The fourth-order valence-electron chi connectivity index (χ4n) is 2.12. The fraction of sp³-hybridized carbons (Fsp3) is 0.765. The van der Waals surface area contributed by atoms with E-state index < -0.39 is 35.8 Å². The van der Waals surface area contributed by atoms with E-state index in [1.165, 1.54) is 0 Å². The lowest BCUT2D eigenvalue weighted by Gasteiger charge is -2.28. The molecule has 0 aliphatic rings. The van der Waals surface area contributed by atoms with Crippen molar-refractivity contribution in [2.75, 3.05) is 27.7 Å². The molecule has 28 heavy (non-hydrogen) atoms. The Morgan fingerprint density at radius 2 is 1.57 bits per heavy atom. The monoisotopic (exact) mass is 414 g/mol. The first-order valence-electron chi connectivity index (χ1n) is 8.74. The van der Waals surface area contributed by atoms with E-state index in [1.807, 2.05) is 21.1 Å². The summed E-state index contributed by atoms with van der Waals surface area (Å²) >= 11 is 0. The second-order valence-corrected chi connectivity index (χ2v) is 7.26. The van der Waals surface area contributed by atoms with E-state index in [0.717, 1.165) is 19.3 Å². The molecule has 0 aromatic heterocycles. The summed E-state index contributed by atoms with van der Waals surface area (Å²) in [5.74, 6) is -5.11. The van der Waals surface area contributed by atoms with Crippen LogP contribution >= 0.6 is 0 Å². The average molecular weight is 414 g/mol. The quantitative estimate of drug-likeness (QED) is 0.288. The van der Waals surface area contributed by atoms with Crippen LogP contribution in [0.3, 0.4) is 0 Å². The highest BCUT2D eigenvalue weighted by atomic mass is 19.4. The number of carbonyl (C=O) groups excluding carboxylic acids is 3. The number of unbranched alkanes of at least 4 members (excludes halogenated alkanes) is 3. The minimum absolute atomic E-state index is 0.176. The summed E-state index contributed by atoms with van der Waals surface area (Å²) < 4.78 is 32.1. The van der Waals surface area contributed by atoms with Gasteiger partial charge in [-0.3, -0.25) is 14.4 Å². The molecule has 0 aromatic carbocycles. The lowest BCUT2D eigenvalue weighted by atomic mass is 10.1. The normalized spacial score (nSPS) is 12.4. The molecule has 0 aliphatic heterocycles. The Hall–Kier alpha value is -2.17. The lowest BCUT2D eigenvalue weighted by molar-refractivity contribution is -0.871. The number of Topliss-reactive ketones (excluding diaryl/α,β-unsaturated/α-hetero) is 1. The van der Waals surface area contributed by atoms with Crippen LogP contribution in [0.2, 0.25) is 0 Å². The van der Waals surface area contributed by atoms with Gasteiger partial charge in [0.2, 0.25) is 5.78 Å². The summed E-state index contributed by atoms with van der Waals surface area (Å²) in [6, 6.07) is -0.533. The summed E-state index contributed by atoms with van der Waals surface area (Å²) in [4.78, 5) is 43.2. The number of hydrogen-bond acceptors (Lipinski definition) is 5. The Morgan fingerprint density at radius 1 is 1.07 bits per heavy atom. The molecular formula is C17H29F3N2O6. The first-order chi connectivity index (χ1) is 12.6. The maximum Gasteiger partial charge on any atom is 0.430 e. The van der Waals surface area contributed by atoms with Crippen molar-refractivity contribution in [3.05, 3.63) is 0 Å². The molecule has 0 radical (unpaired) electrons. The van der Waals surface area contributed by atoms with Crippen molar-refractivity contribution < 1.29 is 47.0 Å². The smallest absolute Gasteiger partial charge is 0.430 e. The number of carbonyl (C=O) groups is 4. The van der Waals surface area contributed by atoms with Gasteiger partial charge in [0.05, 0.1) is 40.2 Å². The van der Waals surface area contributed by atoms with Gasteiger partial charge in [0.25, 0.3) is 5.91 Å². The molecule has 8 nitrogen and oxygen atoms in total. The minimum Gasteiger partial charge on any atom is -0.542 e. The molecule has 0 aromatic rings. The molecule has 0 saturated heterocycles. The summed E-state index contributed by atoms with van der Waals surface area (Å²) in [5, 5.41) is 20.2. The zero-order valence-corrected chi connectivity index (χ0v) is 16.6. The van der Waals surface area contributed by atoms with Gasteiger partial charge in [-0.05, 0) is 6.42 Å². The molecule has 0 saturated carbocycles. The number of carboxylic acid groups (broad SMARTS) is 2. The van der Waals surface area contributed by atoms with Gasteiger partial charge in [-0.2, -0.15) is 13.2 Å². The molecule has 0 fully saturated rings. The van der Waals surface area contributed by atoms with Crippen LogP contribution in [0.5, 0.6) is 0 Å². The molecule has 1 atom stereocenters. The molecule has 164 valence electrons. The Labute approximate surface area is 162 Å². The number of aliphatic carboxylic acids is 2. The third-order valence-corrected chi connectivity index (χ3v) is 3.27. The highest BCUT2D eigenvalue weighted by Gasteiger charge is 2.29. The molecule has 1 unspecified atom stereocenters. The van der Waals surface area contributed by atoms with Crippen LogP contribution in [0.15, 0.2) is 0 Å². The van der Waals surface area contributed by atoms with Crippen molar-refractivity contribution in [2.45, 2.75) is 57.7 Å². The van der Waals surface area contributed by atoms with Crippen LogP contribution in [0.1, 0.15) is 45.4 Å². The number of alkyl halides is 3. The zero-order chi connectivity index (χ0) is 22.5. The molecule has 0 rings (SSSR count). The molecular weight excluding hydrogens is 385 g/mol. The largest absolute Gasteiger partial charge is 0.542 e. The third kappa shape index (κ3) is 17.3. The van der Waals surface area contributed by atoms with E-state index in [0.29, 0.717) is 17.4 Å². The Kier molecular flexibility index (Phi) is 13.1. The average Bonchev–Trinajstić information content (AvgIpc) is 2.48. The zero-order valence-electron chi connectivity index (χ0n) is 16.6. The van der Waals surface area contributed by atoms with Gasteiger partial charge in [-0.25, -0.2) is 0 Å². The first-order valence-corrected chi connectivity index (χ1v) is 8.74. The van der Waals surface area contributed by atoms with Crippen molar-refractivity contribution in [3.8, 4) is 0 Å². The molecule has 0 aliphatic carbocycles. The van der Waals surface area contributed by atoms with Gasteiger partial charge in [-0.15, -0.1) is 0 Å². The number of nitrogens with one attached hydrogen (secondary N) is 1. The van der Waals surface area contributed by atoms with Crippen molar-refractivity contribution >= 4 is 23.6 Å². The second kappa shape index (κ2) is 13.1.